The molecule has 0 N–H and O–H groups in total. The third kappa shape index (κ3) is 1.86. The fourth-order valence-corrected chi connectivity index (χ4v) is 2.17. The molecule has 1 saturated carbocycles. The Hall–Kier alpha value is -1.62. The van der Waals surface area contributed by atoms with Gasteiger partial charge in [0.1, 0.15) is 0 Å². The molecule has 3 rings (SSSR count). The van der Waals surface area contributed by atoms with Crippen molar-refractivity contribution in [2.75, 3.05) is 0 Å². The number of nitro benzene ring substituents is 1. The van der Waals surface area contributed by atoms with Crippen molar-refractivity contribution in [1.82, 2.24) is 9.78 Å². The molecule has 0 unspecified atom stereocenters. The SMILES string of the molecule is O=[N+]([O-])c1ccc2c(c1)c(Cl)nn2CC1CC1. The normalized spacial score (nSPS) is 15.4. The lowest BCUT2D eigenvalue weighted by Crippen LogP contribution is -2.01. The van der Waals surface area contributed by atoms with Gasteiger partial charge in [0, 0.05) is 24.1 Å². The van der Waals surface area contributed by atoms with Gasteiger partial charge in [-0.05, 0) is 24.8 Å². The van der Waals surface area contributed by atoms with Crippen LogP contribution in [0.2, 0.25) is 5.15 Å². The summed E-state index contributed by atoms with van der Waals surface area (Å²) in [4.78, 5) is 10.3. The largest absolute Gasteiger partial charge is 0.270 e. The molecule has 1 aromatic carbocycles. The van der Waals surface area contributed by atoms with E-state index in [0.717, 1.165) is 12.1 Å². The van der Waals surface area contributed by atoms with Crippen LogP contribution in [0.3, 0.4) is 0 Å². The van der Waals surface area contributed by atoms with Gasteiger partial charge in [0.2, 0.25) is 0 Å². The highest BCUT2D eigenvalue weighted by Gasteiger charge is 2.24. The summed E-state index contributed by atoms with van der Waals surface area (Å²) in [6, 6.07) is 4.69. The van der Waals surface area contributed by atoms with Gasteiger partial charge >= 0.3 is 0 Å². The summed E-state index contributed by atoms with van der Waals surface area (Å²) in [5.41, 5.74) is 0.915. The Kier molecular flexibility index (Phi) is 2.29. The van der Waals surface area contributed by atoms with E-state index in [0.29, 0.717) is 16.5 Å². The molecular formula is C11H10ClN3O2. The molecule has 0 aliphatic heterocycles. The maximum atomic E-state index is 10.7. The third-order valence-electron chi connectivity index (χ3n) is 3.03. The fourth-order valence-electron chi connectivity index (χ4n) is 1.93. The molecule has 0 radical (unpaired) electrons. The number of hydrogen-bond acceptors (Lipinski definition) is 3. The average Bonchev–Trinajstić information content (AvgIpc) is 3.05. The summed E-state index contributed by atoms with van der Waals surface area (Å²) in [7, 11) is 0. The van der Waals surface area contributed by atoms with Gasteiger partial charge in [-0.25, -0.2) is 0 Å². The Morgan fingerprint density at radius 2 is 2.29 bits per heavy atom. The predicted molar refractivity (Wildman–Crippen MR) is 64.1 cm³/mol. The zero-order valence-electron chi connectivity index (χ0n) is 8.97. The first-order chi connectivity index (χ1) is 8.15. The van der Waals surface area contributed by atoms with E-state index in [4.69, 9.17) is 11.6 Å². The van der Waals surface area contributed by atoms with Crippen LogP contribution in [0.1, 0.15) is 12.8 Å². The second kappa shape index (κ2) is 3.70. The maximum Gasteiger partial charge on any atom is 0.270 e. The molecule has 5 nitrogen and oxygen atoms in total. The van der Waals surface area contributed by atoms with Gasteiger partial charge in [-0.1, -0.05) is 11.6 Å². The number of halogens is 1. The van der Waals surface area contributed by atoms with Crippen LogP contribution in [0.25, 0.3) is 10.9 Å². The van der Waals surface area contributed by atoms with Crippen LogP contribution in [0.5, 0.6) is 0 Å². The van der Waals surface area contributed by atoms with E-state index in [1.54, 1.807) is 6.07 Å². The lowest BCUT2D eigenvalue weighted by molar-refractivity contribution is -0.384. The van der Waals surface area contributed by atoms with Crippen molar-refractivity contribution in [2.24, 2.45) is 5.92 Å². The first-order valence-electron chi connectivity index (χ1n) is 5.45. The maximum absolute atomic E-state index is 10.7. The standard InChI is InChI=1S/C11H10ClN3O2/c12-11-9-5-8(15(16)17)3-4-10(9)14(13-11)6-7-1-2-7/h3-5,7H,1-2,6H2. The van der Waals surface area contributed by atoms with Crippen LogP contribution < -0.4 is 0 Å². The quantitative estimate of drug-likeness (QED) is 0.622. The predicted octanol–water partition coefficient (Wildman–Crippen LogP) is 3.01. The summed E-state index contributed by atoms with van der Waals surface area (Å²) in [6.45, 7) is 0.848. The molecule has 2 aromatic rings. The van der Waals surface area contributed by atoms with Crippen molar-refractivity contribution in [3.63, 3.8) is 0 Å². The highest BCUT2D eigenvalue weighted by molar-refractivity contribution is 6.34. The first-order valence-corrected chi connectivity index (χ1v) is 5.83. The Bertz CT molecular complexity index is 604. The molecule has 88 valence electrons. The zero-order valence-corrected chi connectivity index (χ0v) is 9.72. The zero-order chi connectivity index (χ0) is 12.0. The number of rotatable bonds is 3. The molecular weight excluding hydrogens is 242 g/mol. The summed E-state index contributed by atoms with van der Waals surface area (Å²) in [5, 5.41) is 15.9. The minimum Gasteiger partial charge on any atom is -0.263 e. The van der Waals surface area contributed by atoms with Gasteiger partial charge < -0.3 is 0 Å². The summed E-state index contributed by atoms with van der Waals surface area (Å²) in [5.74, 6) is 0.685. The van der Waals surface area contributed by atoms with Crippen LogP contribution in [0.4, 0.5) is 5.69 Å². The molecule has 1 aromatic heterocycles. The van der Waals surface area contributed by atoms with E-state index in [2.05, 4.69) is 5.10 Å². The molecule has 0 atom stereocenters. The van der Waals surface area contributed by atoms with Crippen molar-refractivity contribution in [3.8, 4) is 0 Å². The molecule has 0 amide bonds. The molecule has 1 heterocycles. The van der Waals surface area contributed by atoms with E-state index in [9.17, 15) is 10.1 Å². The van der Waals surface area contributed by atoms with Crippen molar-refractivity contribution in [3.05, 3.63) is 33.5 Å². The Morgan fingerprint density at radius 3 is 2.94 bits per heavy atom. The Balaban J connectivity index is 2.10. The van der Waals surface area contributed by atoms with E-state index in [-0.39, 0.29) is 5.69 Å². The van der Waals surface area contributed by atoms with Crippen LogP contribution in [0.15, 0.2) is 18.2 Å². The fraction of sp³-hybridized carbons (Fsp3) is 0.364. The average molecular weight is 252 g/mol. The molecule has 6 heteroatoms. The number of fused-ring (bicyclic) bond motifs is 1. The van der Waals surface area contributed by atoms with E-state index >= 15 is 0 Å². The van der Waals surface area contributed by atoms with Gasteiger partial charge in [0.25, 0.3) is 5.69 Å². The molecule has 0 spiro atoms. The summed E-state index contributed by atoms with van der Waals surface area (Å²) >= 11 is 6.00. The minimum atomic E-state index is -0.423. The second-order valence-corrected chi connectivity index (χ2v) is 4.73. The van der Waals surface area contributed by atoms with Crippen molar-refractivity contribution in [1.29, 1.82) is 0 Å². The number of aromatic nitrogens is 2. The van der Waals surface area contributed by atoms with E-state index in [1.165, 1.54) is 25.0 Å². The van der Waals surface area contributed by atoms with E-state index in [1.807, 2.05) is 4.68 Å². The number of hydrogen-bond donors (Lipinski definition) is 0. The topological polar surface area (TPSA) is 61.0 Å². The Labute approximate surface area is 102 Å². The van der Waals surface area contributed by atoms with Crippen LogP contribution in [-0.4, -0.2) is 14.7 Å². The number of nitrogens with zero attached hydrogens (tertiary/aromatic N) is 3. The molecule has 1 fully saturated rings. The van der Waals surface area contributed by atoms with Crippen molar-refractivity contribution < 1.29 is 4.92 Å². The molecule has 17 heavy (non-hydrogen) atoms. The minimum absolute atomic E-state index is 0.0466. The highest BCUT2D eigenvalue weighted by atomic mass is 35.5. The Morgan fingerprint density at radius 1 is 1.53 bits per heavy atom. The molecule has 0 saturated heterocycles. The van der Waals surface area contributed by atoms with Crippen LogP contribution in [0, 0.1) is 16.0 Å². The van der Waals surface area contributed by atoms with Crippen LogP contribution >= 0.6 is 11.6 Å². The first kappa shape index (κ1) is 10.5. The molecule has 1 aliphatic carbocycles. The second-order valence-electron chi connectivity index (χ2n) is 4.37. The lowest BCUT2D eigenvalue weighted by atomic mass is 10.2. The molecule has 0 bridgehead atoms. The third-order valence-corrected chi connectivity index (χ3v) is 3.31. The van der Waals surface area contributed by atoms with Gasteiger partial charge in [-0.2, -0.15) is 5.10 Å². The number of non-ortho nitro benzene ring substituents is 1. The smallest absolute Gasteiger partial charge is 0.263 e. The highest BCUT2D eigenvalue weighted by Crippen LogP contribution is 2.33. The monoisotopic (exact) mass is 251 g/mol. The van der Waals surface area contributed by atoms with Crippen molar-refractivity contribution in [2.45, 2.75) is 19.4 Å². The van der Waals surface area contributed by atoms with Gasteiger partial charge in [-0.15, -0.1) is 0 Å². The van der Waals surface area contributed by atoms with Gasteiger partial charge in [0.05, 0.1) is 10.4 Å². The summed E-state index contributed by atoms with van der Waals surface area (Å²) in [6.07, 6.45) is 2.46. The van der Waals surface area contributed by atoms with Crippen molar-refractivity contribution >= 4 is 28.2 Å². The summed E-state index contributed by atoms with van der Waals surface area (Å²) < 4.78 is 1.85. The number of nitro groups is 1. The van der Waals surface area contributed by atoms with Gasteiger partial charge in [-0.3, -0.25) is 14.8 Å². The van der Waals surface area contributed by atoms with Crippen LogP contribution in [-0.2, 0) is 6.54 Å². The lowest BCUT2D eigenvalue weighted by Gasteiger charge is -2.00. The number of benzene rings is 1. The molecule has 1 aliphatic rings. The van der Waals surface area contributed by atoms with E-state index < -0.39 is 4.92 Å². The van der Waals surface area contributed by atoms with Gasteiger partial charge in [0.15, 0.2) is 5.15 Å².